The lowest BCUT2D eigenvalue weighted by molar-refractivity contribution is -0.0167. The lowest BCUT2D eigenvalue weighted by Gasteiger charge is -2.44. The van der Waals surface area contributed by atoms with E-state index in [1.54, 1.807) is 0 Å². The van der Waals surface area contributed by atoms with Crippen LogP contribution in [0, 0.1) is 11.3 Å². The Kier molecular flexibility index (Phi) is 4.37. The van der Waals surface area contributed by atoms with Gasteiger partial charge >= 0.3 is 0 Å². The Morgan fingerprint density at radius 3 is 2.71 bits per heavy atom. The van der Waals surface area contributed by atoms with Gasteiger partial charge in [-0.3, -0.25) is 0 Å². The molecule has 0 heterocycles. The minimum atomic E-state index is -0.395. The highest BCUT2D eigenvalue weighted by atomic mass is 16.3. The van der Waals surface area contributed by atoms with Crippen LogP contribution in [0.2, 0.25) is 0 Å². The van der Waals surface area contributed by atoms with Gasteiger partial charge in [0.2, 0.25) is 0 Å². The van der Waals surface area contributed by atoms with Crippen LogP contribution in [0.5, 0.6) is 0 Å². The van der Waals surface area contributed by atoms with Crippen LogP contribution in [0.3, 0.4) is 0 Å². The summed E-state index contributed by atoms with van der Waals surface area (Å²) < 4.78 is 0. The van der Waals surface area contributed by atoms with Gasteiger partial charge in [0.15, 0.2) is 0 Å². The highest BCUT2D eigenvalue weighted by molar-refractivity contribution is 5.36. The van der Waals surface area contributed by atoms with Gasteiger partial charge < -0.3 is 10.8 Å². The van der Waals surface area contributed by atoms with Crippen LogP contribution in [0.1, 0.15) is 75.0 Å². The van der Waals surface area contributed by atoms with Crippen molar-refractivity contribution in [3.05, 3.63) is 35.4 Å². The summed E-state index contributed by atoms with van der Waals surface area (Å²) in [4.78, 5) is 0. The van der Waals surface area contributed by atoms with E-state index in [4.69, 9.17) is 5.73 Å². The molecule has 0 amide bonds. The minimum Gasteiger partial charge on any atom is -0.388 e. The van der Waals surface area contributed by atoms with Gasteiger partial charge in [-0.25, -0.2) is 0 Å². The van der Waals surface area contributed by atoms with Gasteiger partial charge in [0.05, 0.1) is 6.10 Å². The zero-order valence-electron chi connectivity index (χ0n) is 13.2. The lowest BCUT2D eigenvalue weighted by Crippen LogP contribution is -2.41. The summed E-state index contributed by atoms with van der Waals surface area (Å²) >= 11 is 0. The molecule has 0 saturated heterocycles. The molecule has 2 nitrogen and oxygen atoms in total. The van der Waals surface area contributed by atoms with Crippen molar-refractivity contribution in [1.82, 2.24) is 0 Å². The van der Waals surface area contributed by atoms with E-state index in [0.717, 1.165) is 24.3 Å². The number of nitrogens with two attached hydrogens (primary N) is 1. The summed E-state index contributed by atoms with van der Waals surface area (Å²) in [5.74, 6) is 1.40. The predicted octanol–water partition coefficient (Wildman–Crippen LogP) is 4.14. The standard InChI is InChI=1S/C19H29NO/c1-2-14-6-5-11-19(12-14,13-20)18(21)17-8-4-3-7-16(17)15-9-10-15/h3-4,7-8,14-15,18,21H,2,5-6,9-13,20H2,1H3. The smallest absolute Gasteiger partial charge is 0.0861 e. The van der Waals surface area contributed by atoms with E-state index in [2.05, 4.69) is 31.2 Å². The summed E-state index contributed by atoms with van der Waals surface area (Å²) in [5, 5.41) is 11.2. The third-order valence-corrected chi connectivity index (χ3v) is 5.85. The topological polar surface area (TPSA) is 46.2 Å². The molecule has 2 aliphatic rings. The minimum absolute atomic E-state index is 0.107. The fourth-order valence-electron chi connectivity index (χ4n) is 4.27. The monoisotopic (exact) mass is 287 g/mol. The second kappa shape index (κ2) is 6.10. The Balaban J connectivity index is 1.90. The number of aliphatic hydroxyl groups is 1. The van der Waals surface area contributed by atoms with Crippen molar-refractivity contribution in [2.24, 2.45) is 17.1 Å². The summed E-state index contributed by atoms with van der Waals surface area (Å²) in [6, 6.07) is 8.51. The molecule has 0 radical (unpaired) electrons. The van der Waals surface area contributed by atoms with E-state index >= 15 is 0 Å². The molecule has 3 atom stereocenters. The maximum Gasteiger partial charge on any atom is 0.0861 e. The van der Waals surface area contributed by atoms with Crippen molar-refractivity contribution >= 4 is 0 Å². The Labute approximate surface area is 128 Å². The van der Waals surface area contributed by atoms with Gasteiger partial charge in [0.25, 0.3) is 0 Å². The molecule has 3 rings (SSSR count). The summed E-state index contributed by atoms with van der Waals surface area (Å²) in [7, 11) is 0. The quantitative estimate of drug-likeness (QED) is 0.855. The van der Waals surface area contributed by atoms with Gasteiger partial charge in [-0.2, -0.15) is 0 Å². The van der Waals surface area contributed by atoms with E-state index in [9.17, 15) is 5.11 Å². The molecule has 1 aromatic rings. The van der Waals surface area contributed by atoms with Crippen molar-refractivity contribution in [3.63, 3.8) is 0 Å². The average Bonchev–Trinajstić information content (AvgIpc) is 3.39. The first-order valence-electron chi connectivity index (χ1n) is 8.67. The van der Waals surface area contributed by atoms with Gasteiger partial charge in [-0.1, -0.05) is 50.5 Å². The van der Waals surface area contributed by atoms with Gasteiger partial charge in [-0.15, -0.1) is 0 Å². The molecule has 0 aliphatic heterocycles. The first-order valence-corrected chi connectivity index (χ1v) is 8.67. The number of benzene rings is 1. The number of rotatable bonds is 5. The van der Waals surface area contributed by atoms with Crippen LogP contribution in [-0.4, -0.2) is 11.7 Å². The molecule has 3 unspecified atom stereocenters. The molecule has 3 N–H and O–H groups in total. The SMILES string of the molecule is CCC1CCCC(CN)(C(O)c2ccccc2C2CC2)C1. The first kappa shape index (κ1) is 15.1. The van der Waals surface area contributed by atoms with Crippen LogP contribution in [-0.2, 0) is 0 Å². The van der Waals surface area contributed by atoms with Gasteiger partial charge in [-0.05, 0) is 48.6 Å². The predicted molar refractivity (Wildman–Crippen MR) is 87.1 cm³/mol. The van der Waals surface area contributed by atoms with Crippen LogP contribution >= 0.6 is 0 Å². The Morgan fingerprint density at radius 1 is 1.29 bits per heavy atom. The zero-order chi connectivity index (χ0) is 14.9. The first-order chi connectivity index (χ1) is 10.2. The third-order valence-electron chi connectivity index (χ3n) is 5.85. The zero-order valence-corrected chi connectivity index (χ0v) is 13.2. The normalized spacial score (nSPS) is 31.1. The highest BCUT2D eigenvalue weighted by Crippen LogP contribution is 2.51. The molecular formula is C19H29NO. The van der Waals surface area contributed by atoms with E-state index < -0.39 is 6.10 Å². The molecule has 2 aliphatic carbocycles. The van der Waals surface area contributed by atoms with E-state index in [0.29, 0.717) is 12.5 Å². The largest absolute Gasteiger partial charge is 0.388 e. The van der Waals surface area contributed by atoms with Gasteiger partial charge in [0.1, 0.15) is 0 Å². The molecule has 1 aromatic carbocycles. The van der Waals surface area contributed by atoms with Gasteiger partial charge in [0, 0.05) is 12.0 Å². The molecule has 0 bridgehead atoms. The molecule has 2 saturated carbocycles. The fourth-order valence-corrected chi connectivity index (χ4v) is 4.27. The molecule has 2 heteroatoms. The van der Waals surface area contributed by atoms with Crippen molar-refractivity contribution < 1.29 is 5.11 Å². The molecule has 2 fully saturated rings. The number of aliphatic hydroxyl groups excluding tert-OH is 1. The van der Waals surface area contributed by atoms with E-state index in [-0.39, 0.29) is 5.41 Å². The second-order valence-electron chi connectivity index (χ2n) is 7.24. The maximum absolute atomic E-state index is 11.2. The van der Waals surface area contributed by atoms with Crippen molar-refractivity contribution in [1.29, 1.82) is 0 Å². The lowest BCUT2D eigenvalue weighted by atomic mass is 9.64. The molecule has 116 valence electrons. The molecular weight excluding hydrogens is 258 g/mol. The number of hydrogen-bond acceptors (Lipinski definition) is 2. The highest BCUT2D eigenvalue weighted by Gasteiger charge is 2.43. The summed E-state index contributed by atoms with van der Waals surface area (Å²) in [6.45, 7) is 2.87. The molecule has 21 heavy (non-hydrogen) atoms. The second-order valence-corrected chi connectivity index (χ2v) is 7.24. The van der Waals surface area contributed by atoms with E-state index in [1.807, 2.05) is 0 Å². The average molecular weight is 287 g/mol. The van der Waals surface area contributed by atoms with Crippen molar-refractivity contribution in [2.75, 3.05) is 6.54 Å². The Morgan fingerprint density at radius 2 is 2.05 bits per heavy atom. The fraction of sp³-hybridized carbons (Fsp3) is 0.684. The maximum atomic E-state index is 11.2. The Hall–Kier alpha value is -0.860. The Bertz CT molecular complexity index is 482. The van der Waals surface area contributed by atoms with Crippen LogP contribution in [0.15, 0.2) is 24.3 Å². The summed E-state index contributed by atoms with van der Waals surface area (Å²) in [5.41, 5.74) is 8.59. The van der Waals surface area contributed by atoms with Crippen LogP contribution in [0.4, 0.5) is 0 Å². The third kappa shape index (κ3) is 2.89. The van der Waals surface area contributed by atoms with Crippen LogP contribution < -0.4 is 5.73 Å². The molecule has 0 aromatic heterocycles. The molecule has 0 spiro atoms. The summed E-state index contributed by atoms with van der Waals surface area (Å²) in [6.07, 6.45) is 8.02. The number of hydrogen-bond donors (Lipinski definition) is 2. The van der Waals surface area contributed by atoms with E-state index in [1.165, 1.54) is 37.7 Å². The van der Waals surface area contributed by atoms with Crippen molar-refractivity contribution in [3.8, 4) is 0 Å². The van der Waals surface area contributed by atoms with Crippen LogP contribution in [0.25, 0.3) is 0 Å². The van der Waals surface area contributed by atoms with Crippen molar-refractivity contribution in [2.45, 2.75) is 63.9 Å².